The van der Waals surface area contributed by atoms with Crippen LogP contribution in [-0.4, -0.2) is 30.4 Å². The molecule has 4 heteroatoms. The summed E-state index contributed by atoms with van der Waals surface area (Å²) >= 11 is 3.55. The number of aliphatic hydroxyl groups is 1. The van der Waals surface area contributed by atoms with Crippen molar-refractivity contribution in [3.63, 3.8) is 0 Å². The summed E-state index contributed by atoms with van der Waals surface area (Å²) in [7, 11) is 0. The van der Waals surface area contributed by atoms with Crippen LogP contribution in [0.3, 0.4) is 0 Å². The van der Waals surface area contributed by atoms with Crippen LogP contribution in [0.2, 0.25) is 0 Å². The van der Waals surface area contributed by atoms with Gasteiger partial charge in [-0.1, -0.05) is 22.9 Å². The van der Waals surface area contributed by atoms with E-state index >= 15 is 0 Å². The number of halogens is 1. The lowest BCUT2D eigenvalue weighted by Gasteiger charge is -2.24. The number of benzene rings is 1. The van der Waals surface area contributed by atoms with Crippen molar-refractivity contribution in [2.45, 2.75) is 45.1 Å². The Labute approximate surface area is 129 Å². The molecule has 0 radical (unpaired) electrons. The highest BCUT2D eigenvalue weighted by Gasteiger charge is 2.25. The van der Waals surface area contributed by atoms with E-state index in [1.54, 1.807) is 0 Å². The Morgan fingerprint density at radius 1 is 1.40 bits per heavy atom. The minimum Gasteiger partial charge on any atom is -0.493 e. The van der Waals surface area contributed by atoms with Crippen LogP contribution < -0.4 is 10.1 Å². The fraction of sp³-hybridized carbons (Fsp3) is 0.625. The molecule has 112 valence electrons. The molecule has 1 aliphatic heterocycles. The lowest BCUT2D eigenvalue weighted by Crippen LogP contribution is -2.32. The minimum absolute atomic E-state index is 0.628. The summed E-state index contributed by atoms with van der Waals surface area (Å²) in [6.45, 7) is 6.65. The Hall–Kier alpha value is -0.580. The van der Waals surface area contributed by atoms with Gasteiger partial charge in [0.2, 0.25) is 0 Å². The van der Waals surface area contributed by atoms with E-state index in [-0.39, 0.29) is 0 Å². The molecule has 0 saturated carbocycles. The van der Waals surface area contributed by atoms with Crippen molar-refractivity contribution in [3.8, 4) is 5.75 Å². The Balaban J connectivity index is 2.02. The minimum atomic E-state index is -0.707. The Kier molecular flexibility index (Phi) is 5.47. The Morgan fingerprint density at radius 2 is 2.20 bits per heavy atom. The number of ether oxygens (including phenoxy) is 1. The average molecular weight is 342 g/mol. The summed E-state index contributed by atoms with van der Waals surface area (Å²) in [5.41, 5.74) is 1.64. The highest BCUT2D eigenvalue weighted by Crippen LogP contribution is 2.35. The van der Waals surface area contributed by atoms with Crippen LogP contribution in [0.4, 0.5) is 0 Å². The monoisotopic (exact) mass is 341 g/mol. The number of fused-ring (bicyclic) bond motifs is 1. The highest BCUT2D eigenvalue weighted by atomic mass is 79.9. The molecule has 2 N–H and O–H groups in total. The van der Waals surface area contributed by atoms with E-state index in [0.29, 0.717) is 6.42 Å². The van der Waals surface area contributed by atoms with Gasteiger partial charge in [0.15, 0.2) is 0 Å². The maximum Gasteiger partial charge on any atom is 0.125 e. The normalized spacial score (nSPS) is 16.6. The zero-order valence-corrected chi connectivity index (χ0v) is 13.9. The predicted molar refractivity (Wildman–Crippen MR) is 85.4 cm³/mol. The molecule has 0 aromatic heterocycles. The maximum atomic E-state index is 10.6. The van der Waals surface area contributed by atoms with Crippen LogP contribution in [-0.2, 0) is 12.8 Å². The molecule has 0 aliphatic carbocycles. The van der Waals surface area contributed by atoms with E-state index in [2.05, 4.69) is 40.3 Å². The third-order valence-corrected chi connectivity index (χ3v) is 4.12. The summed E-state index contributed by atoms with van der Waals surface area (Å²) < 4.78 is 6.79. The summed E-state index contributed by atoms with van der Waals surface area (Å²) in [5, 5.41) is 13.9. The second kappa shape index (κ2) is 6.92. The summed E-state index contributed by atoms with van der Waals surface area (Å²) in [6, 6.07) is 4.18. The summed E-state index contributed by atoms with van der Waals surface area (Å²) in [5.74, 6) is 0.981. The van der Waals surface area contributed by atoms with Gasteiger partial charge in [0.25, 0.3) is 0 Å². The van der Waals surface area contributed by atoms with Crippen molar-refractivity contribution in [1.29, 1.82) is 0 Å². The molecule has 1 aromatic carbocycles. The fourth-order valence-corrected chi connectivity index (χ4v) is 3.19. The van der Waals surface area contributed by atoms with Crippen molar-refractivity contribution < 1.29 is 9.84 Å². The first-order chi connectivity index (χ1) is 9.52. The first-order valence-electron chi connectivity index (χ1n) is 7.39. The van der Waals surface area contributed by atoms with Gasteiger partial charge in [-0.05, 0) is 56.1 Å². The SMILES string of the molecule is CCCNCCC(C)(O)Cc1cc(Br)cc2c1OCC2. The van der Waals surface area contributed by atoms with Crippen LogP contribution in [0.5, 0.6) is 5.75 Å². The van der Waals surface area contributed by atoms with E-state index < -0.39 is 5.60 Å². The topological polar surface area (TPSA) is 41.5 Å². The van der Waals surface area contributed by atoms with Gasteiger partial charge in [-0.15, -0.1) is 0 Å². The maximum absolute atomic E-state index is 10.6. The molecule has 3 nitrogen and oxygen atoms in total. The van der Waals surface area contributed by atoms with Gasteiger partial charge in [-0.3, -0.25) is 0 Å². The zero-order chi connectivity index (χ0) is 14.6. The molecule has 1 atom stereocenters. The van der Waals surface area contributed by atoms with Crippen molar-refractivity contribution >= 4 is 15.9 Å². The smallest absolute Gasteiger partial charge is 0.125 e. The van der Waals surface area contributed by atoms with Crippen LogP contribution in [0, 0.1) is 0 Å². The molecular formula is C16H24BrNO2. The van der Waals surface area contributed by atoms with Crippen LogP contribution >= 0.6 is 15.9 Å². The van der Waals surface area contributed by atoms with Gasteiger partial charge in [0.05, 0.1) is 12.2 Å². The van der Waals surface area contributed by atoms with E-state index in [0.717, 1.165) is 54.7 Å². The summed E-state index contributed by atoms with van der Waals surface area (Å²) in [6.07, 6.45) is 3.45. The first-order valence-corrected chi connectivity index (χ1v) is 8.18. The molecule has 0 saturated heterocycles. The number of hydrogen-bond acceptors (Lipinski definition) is 3. The number of hydrogen-bond donors (Lipinski definition) is 2. The molecule has 2 rings (SSSR count). The largest absolute Gasteiger partial charge is 0.493 e. The molecule has 0 amide bonds. The van der Waals surface area contributed by atoms with Gasteiger partial charge in [-0.25, -0.2) is 0 Å². The first kappa shape index (κ1) is 15.8. The molecule has 1 unspecified atom stereocenters. The van der Waals surface area contributed by atoms with Crippen LogP contribution in [0.15, 0.2) is 16.6 Å². The second-order valence-electron chi connectivity index (χ2n) is 5.83. The van der Waals surface area contributed by atoms with Gasteiger partial charge in [0, 0.05) is 17.3 Å². The zero-order valence-electron chi connectivity index (χ0n) is 12.3. The third-order valence-electron chi connectivity index (χ3n) is 3.66. The lowest BCUT2D eigenvalue weighted by atomic mass is 9.91. The molecule has 20 heavy (non-hydrogen) atoms. The number of rotatable bonds is 7. The predicted octanol–water partition coefficient (Wildman–Crippen LogP) is 3.07. The molecule has 0 bridgehead atoms. The van der Waals surface area contributed by atoms with E-state index in [9.17, 15) is 5.11 Å². The van der Waals surface area contributed by atoms with Crippen molar-refractivity contribution in [2.75, 3.05) is 19.7 Å². The lowest BCUT2D eigenvalue weighted by molar-refractivity contribution is 0.0509. The van der Waals surface area contributed by atoms with E-state index in [4.69, 9.17) is 4.74 Å². The van der Waals surface area contributed by atoms with Gasteiger partial charge in [0.1, 0.15) is 5.75 Å². The van der Waals surface area contributed by atoms with Crippen molar-refractivity contribution in [2.24, 2.45) is 0 Å². The van der Waals surface area contributed by atoms with Gasteiger partial charge in [-0.2, -0.15) is 0 Å². The van der Waals surface area contributed by atoms with E-state index in [1.807, 2.05) is 6.92 Å². The van der Waals surface area contributed by atoms with Crippen molar-refractivity contribution in [3.05, 3.63) is 27.7 Å². The van der Waals surface area contributed by atoms with Crippen LogP contribution in [0.1, 0.15) is 37.8 Å². The third kappa shape index (κ3) is 4.21. The average Bonchev–Trinajstić information content (AvgIpc) is 2.82. The van der Waals surface area contributed by atoms with Crippen LogP contribution in [0.25, 0.3) is 0 Å². The van der Waals surface area contributed by atoms with E-state index in [1.165, 1.54) is 5.56 Å². The highest BCUT2D eigenvalue weighted by molar-refractivity contribution is 9.10. The molecule has 0 fully saturated rings. The fourth-order valence-electron chi connectivity index (χ4n) is 2.64. The quantitative estimate of drug-likeness (QED) is 0.749. The molecule has 1 aliphatic rings. The molecule has 1 aromatic rings. The summed E-state index contributed by atoms with van der Waals surface area (Å²) in [4.78, 5) is 0. The van der Waals surface area contributed by atoms with Gasteiger partial charge >= 0.3 is 0 Å². The molecule has 0 spiro atoms. The van der Waals surface area contributed by atoms with Crippen molar-refractivity contribution in [1.82, 2.24) is 5.32 Å². The Morgan fingerprint density at radius 3 is 2.95 bits per heavy atom. The second-order valence-corrected chi connectivity index (χ2v) is 6.74. The molecular weight excluding hydrogens is 318 g/mol. The van der Waals surface area contributed by atoms with Gasteiger partial charge < -0.3 is 15.2 Å². The number of nitrogens with one attached hydrogen (secondary N) is 1. The standard InChI is InChI=1S/C16H24BrNO2/c1-3-6-18-7-5-16(2,19)11-13-10-14(17)9-12-4-8-20-15(12)13/h9-10,18-19H,3-8,11H2,1-2H3. The molecule has 1 heterocycles. The Bertz CT molecular complexity index is 460.